The molecule has 0 spiro atoms. The minimum absolute atomic E-state index is 0.261. The number of hydrogen-bond donors (Lipinski definition) is 1. The average Bonchev–Trinajstić information content (AvgIpc) is 2.85. The Morgan fingerprint density at radius 1 is 1.12 bits per heavy atom. The minimum Gasteiger partial charge on any atom is -0.270 e. The predicted octanol–water partition coefficient (Wildman–Crippen LogP) is 3.34. The van der Waals surface area contributed by atoms with Gasteiger partial charge in [-0.1, -0.05) is 25.5 Å². The van der Waals surface area contributed by atoms with Crippen LogP contribution in [0.4, 0.5) is 0 Å². The van der Waals surface area contributed by atoms with Gasteiger partial charge in [-0.05, 0) is 51.3 Å². The Bertz CT molecular complexity index is 777. The van der Waals surface area contributed by atoms with Crippen molar-refractivity contribution in [3.63, 3.8) is 0 Å². The predicted molar refractivity (Wildman–Crippen MR) is 96.5 cm³/mol. The summed E-state index contributed by atoms with van der Waals surface area (Å²) >= 11 is 0. The molecular formula is C18H27N3O2S. The van der Waals surface area contributed by atoms with Crippen LogP contribution < -0.4 is 4.72 Å². The third-order valence-corrected chi connectivity index (χ3v) is 5.74. The van der Waals surface area contributed by atoms with Crippen LogP contribution in [0.5, 0.6) is 0 Å². The zero-order valence-corrected chi connectivity index (χ0v) is 15.8. The zero-order valence-electron chi connectivity index (χ0n) is 15.0. The summed E-state index contributed by atoms with van der Waals surface area (Å²) in [7, 11) is -3.51. The standard InChI is InChI=1S/C18H27N3O2S/c1-5-7-8-16-9-11-17(12-10-16)24(22,23)19-13-18-14(3)20-21(6-2)15(18)4/h9-12,19H,5-8,13H2,1-4H3. The Hall–Kier alpha value is -1.66. The van der Waals surface area contributed by atoms with Crippen LogP contribution in [0, 0.1) is 13.8 Å². The van der Waals surface area contributed by atoms with Crippen LogP contribution in [0.1, 0.15) is 49.2 Å². The zero-order chi connectivity index (χ0) is 17.7. The summed E-state index contributed by atoms with van der Waals surface area (Å²) < 4.78 is 29.6. The number of aryl methyl sites for hydroxylation is 3. The fourth-order valence-corrected chi connectivity index (χ4v) is 3.76. The number of aromatic nitrogens is 2. The monoisotopic (exact) mass is 349 g/mol. The Balaban J connectivity index is 2.10. The maximum atomic E-state index is 12.5. The SMILES string of the molecule is CCCCc1ccc(S(=O)(=O)NCc2c(C)nn(CC)c2C)cc1. The number of sulfonamides is 1. The Labute approximate surface area is 145 Å². The van der Waals surface area contributed by atoms with Crippen molar-refractivity contribution in [1.82, 2.24) is 14.5 Å². The first-order valence-electron chi connectivity index (χ1n) is 8.50. The van der Waals surface area contributed by atoms with Crippen molar-refractivity contribution in [1.29, 1.82) is 0 Å². The van der Waals surface area contributed by atoms with E-state index in [1.807, 2.05) is 37.6 Å². The first-order valence-corrected chi connectivity index (χ1v) is 9.98. The second kappa shape index (κ2) is 7.94. The summed E-state index contributed by atoms with van der Waals surface area (Å²) in [4.78, 5) is 0.306. The molecule has 0 unspecified atom stereocenters. The molecule has 24 heavy (non-hydrogen) atoms. The van der Waals surface area contributed by atoms with Crippen molar-refractivity contribution in [3.8, 4) is 0 Å². The molecule has 0 aliphatic rings. The van der Waals surface area contributed by atoms with Gasteiger partial charge in [0.25, 0.3) is 0 Å². The van der Waals surface area contributed by atoms with E-state index in [0.717, 1.165) is 42.8 Å². The molecule has 0 aliphatic heterocycles. The van der Waals surface area contributed by atoms with Crippen molar-refractivity contribution < 1.29 is 8.42 Å². The molecule has 5 nitrogen and oxygen atoms in total. The molecule has 0 saturated heterocycles. The molecule has 1 N–H and O–H groups in total. The second-order valence-corrected chi connectivity index (χ2v) is 7.80. The number of hydrogen-bond acceptors (Lipinski definition) is 3. The van der Waals surface area contributed by atoms with E-state index >= 15 is 0 Å². The van der Waals surface area contributed by atoms with E-state index in [2.05, 4.69) is 16.7 Å². The number of nitrogens with zero attached hydrogens (tertiary/aromatic N) is 2. The molecule has 0 saturated carbocycles. The van der Waals surface area contributed by atoms with Gasteiger partial charge >= 0.3 is 0 Å². The maximum Gasteiger partial charge on any atom is 0.240 e. The molecule has 0 fully saturated rings. The lowest BCUT2D eigenvalue weighted by Gasteiger charge is -2.08. The fourth-order valence-electron chi connectivity index (χ4n) is 2.76. The lowest BCUT2D eigenvalue weighted by molar-refractivity contribution is 0.580. The summed E-state index contributed by atoms with van der Waals surface area (Å²) in [6.07, 6.45) is 3.23. The highest BCUT2D eigenvalue weighted by atomic mass is 32.2. The molecule has 2 aromatic rings. The van der Waals surface area contributed by atoms with Crippen molar-refractivity contribution >= 4 is 10.0 Å². The van der Waals surface area contributed by atoms with Crippen LogP contribution in [0.15, 0.2) is 29.2 Å². The summed E-state index contributed by atoms with van der Waals surface area (Å²) in [6, 6.07) is 7.16. The lowest BCUT2D eigenvalue weighted by Crippen LogP contribution is -2.23. The van der Waals surface area contributed by atoms with E-state index < -0.39 is 10.0 Å². The molecule has 0 amide bonds. The number of nitrogens with one attached hydrogen (secondary N) is 1. The third-order valence-electron chi connectivity index (χ3n) is 4.32. The van der Waals surface area contributed by atoms with Crippen molar-refractivity contribution in [2.45, 2.75) is 64.9 Å². The summed E-state index contributed by atoms with van der Waals surface area (Å²) in [5.74, 6) is 0. The van der Waals surface area contributed by atoms with Crippen LogP contribution in [0.3, 0.4) is 0 Å². The van der Waals surface area contributed by atoms with Gasteiger partial charge < -0.3 is 0 Å². The Kier molecular flexibility index (Phi) is 6.18. The smallest absolute Gasteiger partial charge is 0.240 e. The number of benzene rings is 1. The fraction of sp³-hybridized carbons (Fsp3) is 0.500. The highest BCUT2D eigenvalue weighted by Crippen LogP contribution is 2.16. The Morgan fingerprint density at radius 3 is 2.33 bits per heavy atom. The van der Waals surface area contributed by atoms with Crippen LogP contribution in [0.25, 0.3) is 0 Å². The van der Waals surface area contributed by atoms with Gasteiger partial charge in [-0.25, -0.2) is 13.1 Å². The molecular weight excluding hydrogens is 322 g/mol. The summed E-state index contributed by atoms with van der Waals surface area (Å²) in [5.41, 5.74) is 3.99. The maximum absolute atomic E-state index is 12.5. The largest absolute Gasteiger partial charge is 0.270 e. The molecule has 132 valence electrons. The summed E-state index contributed by atoms with van der Waals surface area (Å²) in [6.45, 7) is 9.08. The molecule has 1 aromatic heterocycles. The quantitative estimate of drug-likeness (QED) is 0.795. The van der Waals surface area contributed by atoms with Gasteiger partial charge in [0.1, 0.15) is 0 Å². The Morgan fingerprint density at radius 2 is 1.79 bits per heavy atom. The third kappa shape index (κ3) is 4.24. The van der Waals surface area contributed by atoms with E-state index in [9.17, 15) is 8.42 Å². The van der Waals surface area contributed by atoms with Gasteiger partial charge in [0.2, 0.25) is 10.0 Å². The molecule has 1 aromatic carbocycles. The molecule has 6 heteroatoms. The number of rotatable bonds is 8. The summed E-state index contributed by atoms with van der Waals surface area (Å²) in [5, 5.41) is 4.42. The van der Waals surface area contributed by atoms with Crippen LogP contribution >= 0.6 is 0 Å². The average molecular weight is 350 g/mol. The molecule has 0 bridgehead atoms. The second-order valence-electron chi connectivity index (χ2n) is 6.04. The van der Waals surface area contributed by atoms with E-state index in [0.29, 0.717) is 4.90 Å². The van der Waals surface area contributed by atoms with Gasteiger partial charge in [0, 0.05) is 24.3 Å². The van der Waals surface area contributed by atoms with Crippen LogP contribution in [-0.2, 0) is 29.5 Å². The minimum atomic E-state index is -3.51. The van der Waals surface area contributed by atoms with Gasteiger partial charge in [-0.3, -0.25) is 4.68 Å². The van der Waals surface area contributed by atoms with Crippen molar-refractivity contribution in [2.75, 3.05) is 0 Å². The topological polar surface area (TPSA) is 64.0 Å². The number of unbranched alkanes of at least 4 members (excludes halogenated alkanes) is 1. The van der Waals surface area contributed by atoms with E-state index in [-0.39, 0.29) is 6.54 Å². The van der Waals surface area contributed by atoms with E-state index in [1.165, 1.54) is 5.56 Å². The molecule has 2 rings (SSSR count). The van der Waals surface area contributed by atoms with Gasteiger partial charge in [0.15, 0.2) is 0 Å². The first-order chi connectivity index (χ1) is 11.4. The molecule has 0 atom stereocenters. The van der Waals surface area contributed by atoms with Gasteiger partial charge in [-0.2, -0.15) is 5.10 Å². The van der Waals surface area contributed by atoms with E-state index in [4.69, 9.17) is 0 Å². The highest BCUT2D eigenvalue weighted by Gasteiger charge is 2.17. The molecule has 0 aliphatic carbocycles. The van der Waals surface area contributed by atoms with E-state index in [1.54, 1.807) is 12.1 Å². The van der Waals surface area contributed by atoms with Crippen LogP contribution in [0.2, 0.25) is 0 Å². The lowest BCUT2D eigenvalue weighted by atomic mass is 10.1. The molecule has 0 radical (unpaired) electrons. The van der Waals surface area contributed by atoms with Gasteiger partial charge in [-0.15, -0.1) is 0 Å². The normalized spacial score (nSPS) is 11.8. The van der Waals surface area contributed by atoms with Crippen molar-refractivity contribution in [2.24, 2.45) is 0 Å². The van der Waals surface area contributed by atoms with Gasteiger partial charge in [0.05, 0.1) is 10.6 Å². The molecule has 1 heterocycles. The highest BCUT2D eigenvalue weighted by molar-refractivity contribution is 7.89. The first kappa shape index (κ1) is 18.7. The van der Waals surface area contributed by atoms with Crippen molar-refractivity contribution in [3.05, 3.63) is 46.8 Å². The van der Waals surface area contributed by atoms with Crippen LogP contribution in [-0.4, -0.2) is 18.2 Å².